The maximum Gasteiger partial charge on any atom is 0.324 e. The van der Waals surface area contributed by atoms with Crippen molar-refractivity contribution in [3.05, 3.63) is 35.4 Å². The Bertz CT molecular complexity index is 628. The number of rotatable bonds is 6. The number of halogens is 1. The van der Waals surface area contributed by atoms with Gasteiger partial charge in [-0.1, -0.05) is 12.1 Å². The lowest BCUT2D eigenvalue weighted by molar-refractivity contribution is -0.125. The van der Waals surface area contributed by atoms with Crippen molar-refractivity contribution in [3.8, 4) is 0 Å². The van der Waals surface area contributed by atoms with Crippen molar-refractivity contribution in [3.63, 3.8) is 0 Å². The molecule has 1 atom stereocenters. The summed E-state index contributed by atoms with van der Waals surface area (Å²) >= 11 is 0. The smallest absolute Gasteiger partial charge is 0.324 e. The van der Waals surface area contributed by atoms with Gasteiger partial charge in [-0.3, -0.25) is 14.5 Å². The Morgan fingerprint density at radius 2 is 2.00 bits per heavy atom. The number of carbonyl (C=O) groups is 3. The highest BCUT2D eigenvalue weighted by atomic mass is 35.5. The van der Waals surface area contributed by atoms with E-state index in [0.29, 0.717) is 18.0 Å². The van der Waals surface area contributed by atoms with Gasteiger partial charge in [0.25, 0.3) is 5.91 Å². The molecule has 3 N–H and O–H groups in total. The molecule has 0 spiro atoms. The molecule has 0 radical (unpaired) electrons. The van der Waals surface area contributed by atoms with Crippen LogP contribution in [0.2, 0.25) is 0 Å². The topological polar surface area (TPSA) is 90.5 Å². The van der Waals surface area contributed by atoms with E-state index >= 15 is 0 Å². The third-order valence-electron chi connectivity index (χ3n) is 4.73. The molecule has 8 heteroatoms. The van der Waals surface area contributed by atoms with Crippen molar-refractivity contribution in [2.24, 2.45) is 5.92 Å². The Balaban J connectivity index is 0.00000243. The monoisotopic (exact) mass is 380 g/mol. The predicted molar refractivity (Wildman–Crippen MR) is 100 cm³/mol. The minimum Gasteiger partial charge on any atom is -0.352 e. The molecule has 26 heavy (non-hydrogen) atoms. The number of nitrogens with zero attached hydrogens (tertiary/aromatic N) is 1. The van der Waals surface area contributed by atoms with Crippen molar-refractivity contribution in [2.45, 2.75) is 25.8 Å². The summed E-state index contributed by atoms with van der Waals surface area (Å²) in [6.07, 6.45) is 3.42. The second kappa shape index (κ2) is 9.54. The van der Waals surface area contributed by atoms with Gasteiger partial charge >= 0.3 is 6.03 Å². The second-order valence-electron chi connectivity index (χ2n) is 6.59. The summed E-state index contributed by atoms with van der Waals surface area (Å²) in [7, 11) is 0. The number of carbonyl (C=O) groups excluding carboxylic acids is 3. The number of amides is 4. The van der Waals surface area contributed by atoms with E-state index in [2.05, 4.69) is 16.0 Å². The lowest BCUT2D eigenvalue weighted by Gasteiger charge is -2.22. The summed E-state index contributed by atoms with van der Waals surface area (Å²) < 4.78 is 0. The first-order valence-electron chi connectivity index (χ1n) is 8.79. The third kappa shape index (κ3) is 5.19. The Kier molecular flexibility index (Phi) is 7.41. The van der Waals surface area contributed by atoms with Crippen LogP contribution < -0.4 is 16.0 Å². The van der Waals surface area contributed by atoms with Crippen LogP contribution in [0.4, 0.5) is 4.79 Å². The van der Waals surface area contributed by atoms with Crippen molar-refractivity contribution in [2.75, 3.05) is 26.2 Å². The summed E-state index contributed by atoms with van der Waals surface area (Å²) in [6, 6.07) is 6.64. The molecular weight excluding hydrogens is 356 g/mol. The molecule has 1 unspecified atom stereocenters. The molecule has 2 aliphatic heterocycles. The average molecular weight is 381 g/mol. The second-order valence-corrected chi connectivity index (χ2v) is 6.59. The highest BCUT2D eigenvalue weighted by Gasteiger charge is 2.28. The number of hydrogen-bond donors (Lipinski definition) is 3. The maximum absolute atomic E-state index is 12.2. The van der Waals surface area contributed by atoms with Crippen LogP contribution >= 0.6 is 12.4 Å². The van der Waals surface area contributed by atoms with E-state index in [1.807, 2.05) is 0 Å². The number of urea groups is 1. The summed E-state index contributed by atoms with van der Waals surface area (Å²) in [5, 5.41) is 8.82. The maximum atomic E-state index is 12.2. The van der Waals surface area contributed by atoms with E-state index in [1.165, 1.54) is 17.7 Å². The van der Waals surface area contributed by atoms with Gasteiger partial charge in [0.05, 0.1) is 13.1 Å². The first-order chi connectivity index (χ1) is 12.1. The van der Waals surface area contributed by atoms with E-state index in [0.717, 1.165) is 25.1 Å². The van der Waals surface area contributed by atoms with Gasteiger partial charge in [0.2, 0.25) is 5.91 Å². The Morgan fingerprint density at radius 1 is 1.23 bits per heavy atom. The van der Waals surface area contributed by atoms with Gasteiger partial charge in [-0.15, -0.1) is 12.4 Å². The number of imide groups is 1. The minimum atomic E-state index is -0.371. The lowest BCUT2D eigenvalue weighted by Crippen LogP contribution is -2.33. The van der Waals surface area contributed by atoms with Crippen molar-refractivity contribution in [1.29, 1.82) is 0 Å². The molecule has 2 aliphatic rings. The van der Waals surface area contributed by atoms with Crippen molar-refractivity contribution < 1.29 is 14.4 Å². The Labute approximate surface area is 159 Å². The zero-order valence-electron chi connectivity index (χ0n) is 14.6. The third-order valence-corrected chi connectivity index (χ3v) is 4.73. The highest BCUT2D eigenvalue weighted by Crippen LogP contribution is 2.13. The van der Waals surface area contributed by atoms with Crippen LogP contribution in [0.1, 0.15) is 35.2 Å². The van der Waals surface area contributed by atoms with Crippen LogP contribution in [0, 0.1) is 5.92 Å². The molecule has 7 nitrogen and oxygen atoms in total. The van der Waals surface area contributed by atoms with Crippen LogP contribution in [0.15, 0.2) is 24.3 Å². The van der Waals surface area contributed by atoms with Crippen LogP contribution in [-0.2, 0) is 11.3 Å². The highest BCUT2D eigenvalue weighted by molar-refractivity contribution is 6.01. The summed E-state index contributed by atoms with van der Waals surface area (Å²) in [6.45, 7) is 3.08. The molecular formula is C18H25ClN4O3. The van der Waals surface area contributed by atoms with Gasteiger partial charge in [0, 0.05) is 12.1 Å². The van der Waals surface area contributed by atoms with Crippen LogP contribution in [0.3, 0.4) is 0 Å². The van der Waals surface area contributed by atoms with E-state index < -0.39 is 0 Å². The molecule has 3 rings (SSSR count). The molecule has 4 amide bonds. The summed E-state index contributed by atoms with van der Waals surface area (Å²) in [4.78, 5) is 36.5. The number of nitrogens with one attached hydrogen (secondary N) is 3. The first-order valence-corrected chi connectivity index (χ1v) is 8.79. The molecule has 1 aromatic rings. The fourth-order valence-corrected chi connectivity index (χ4v) is 3.22. The number of benzene rings is 1. The quantitative estimate of drug-likeness (QED) is 0.648. The minimum absolute atomic E-state index is 0. The fourth-order valence-electron chi connectivity index (χ4n) is 3.22. The molecule has 1 aromatic carbocycles. The SMILES string of the molecule is Cl.O=C(NCCC1CCCNC1)c1ccc(CN2C(=O)CNC2=O)cc1. The predicted octanol–water partition coefficient (Wildman–Crippen LogP) is 1.28. The Hall–Kier alpha value is -2.12. The molecule has 2 heterocycles. The van der Waals surface area contributed by atoms with Crippen LogP contribution in [0.5, 0.6) is 0 Å². The average Bonchev–Trinajstić information content (AvgIpc) is 2.95. The van der Waals surface area contributed by atoms with E-state index in [4.69, 9.17) is 0 Å². The molecule has 0 aliphatic carbocycles. The van der Waals surface area contributed by atoms with E-state index in [1.54, 1.807) is 24.3 Å². The van der Waals surface area contributed by atoms with Crippen LogP contribution in [0.25, 0.3) is 0 Å². The Morgan fingerprint density at radius 3 is 2.62 bits per heavy atom. The number of piperidine rings is 1. The van der Waals surface area contributed by atoms with Gasteiger partial charge in [-0.05, 0) is 56.0 Å². The molecule has 2 saturated heterocycles. The molecule has 0 saturated carbocycles. The molecule has 142 valence electrons. The normalized spacial score (nSPS) is 19.7. The van der Waals surface area contributed by atoms with Crippen LogP contribution in [-0.4, -0.2) is 48.9 Å². The summed E-state index contributed by atoms with van der Waals surface area (Å²) in [5.74, 6) is 0.315. The van der Waals surface area contributed by atoms with Gasteiger partial charge in [-0.25, -0.2) is 4.79 Å². The number of hydrogen-bond acceptors (Lipinski definition) is 4. The van der Waals surface area contributed by atoms with Crippen molar-refractivity contribution in [1.82, 2.24) is 20.9 Å². The zero-order valence-corrected chi connectivity index (χ0v) is 15.4. The van der Waals surface area contributed by atoms with Gasteiger partial charge in [-0.2, -0.15) is 0 Å². The standard InChI is InChI=1S/C18H24N4O3.ClH/c23-16-11-21-18(25)22(16)12-14-3-5-15(6-4-14)17(24)20-9-7-13-2-1-8-19-10-13;/h3-6,13,19H,1-2,7-12H2,(H,20,24)(H,21,25);1H. The zero-order chi connectivity index (χ0) is 17.6. The lowest BCUT2D eigenvalue weighted by atomic mass is 9.96. The van der Waals surface area contributed by atoms with Gasteiger partial charge in [0.1, 0.15) is 0 Å². The van der Waals surface area contributed by atoms with Gasteiger partial charge < -0.3 is 16.0 Å². The first kappa shape index (κ1) is 20.2. The van der Waals surface area contributed by atoms with E-state index in [9.17, 15) is 14.4 Å². The fraction of sp³-hybridized carbons (Fsp3) is 0.500. The van der Waals surface area contributed by atoms with E-state index in [-0.39, 0.29) is 43.3 Å². The van der Waals surface area contributed by atoms with Gasteiger partial charge in [0.15, 0.2) is 0 Å². The molecule has 2 fully saturated rings. The molecule has 0 aromatic heterocycles. The summed E-state index contributed by atoms with van der Waals surface area (Å²) in [5.41, 5.74) is 1.40. The molecule has 0 bridgehead atoms. The van der Waals surface area contributed by atoms with Crippen molar-refractivity contribution >= 4 is 30.3 Å². The largest absolute Gasteiger partial charge is 0.352 e.